The van der Waals surface area contributed by atoms with E-state index in [0.717, 1.165) is 25.7 Å². The Kier molecular flexibility index (Phi) is 4.34. The number of hydrogen-bond acceptors (Lipinski definition) is 3. The molecule has 1 atom stereocenters. The summed E-state index contributed by atoms with van der Waals surface area (Å²) in [6.45, 7) is 1.03. The lowest BCUT2D eigenvalue weighted by atomic mass is 9.77. The summed E-state index contributed by atoms with van der Waals surface area (Å²) in [6.07, 6.45) is 3.47. The fourth-order valence-electron chi connectivity index (χ4n) is 5.72. The summed E-state index contributed by atoms with van der Waals surface area (Å²) in [6, 6.07) is 16.5. The third-order valence-corrected chi connectivity index (χ3v) is 7.14. The number of benzene rings is 2. The van der Waals surface area contributed by atoms with Crippen molar-refractivity contribution in [2.24, 2.45) is 11.3 Å². The molecule has 5 heteroatoms. The van der Waals surface area contributed by atoms with Gasteiger partial charge in [0.25, 0.3) is 0 Å². The van der Waals surface area contributed by atoms with Crippen molar-refractivity contribution < 1.29 is 19.4 Å². The molecule has 1 heterocycles. The van der Waals surface area contributed by atoms with Crippen molar-refractivity contribution >= 4 is 12.1 Å². The van der Waals surface area contributed by atoms with Gasteiger partial charge >= 0.3 is 12.1 Å². The van der Waals surface area contributed by atoms with E-state index >= 15 is 0 Å². The van der Waals surface area contributed by atoms with Crippen molar-refractivity contribution in [3.8, 4) is 11.1 Å². The monoisotopic (exact) mass is 391 g/mol. The molecule has 1 saturated heterocycles. The smallest absolute Gasteiger partial charge is 0.409 e. The highest BCUT2D eigenvalue weighted by Crippen LogP contribution is 2.49. The molecule has 0 bridgehead atoms. The van der Waals surface area contributed by atoms with Crippen LogP contribution in [0.3, 0.4) is 0 Å². The van der Waals surface area contributed by atoms with Crippen molar-refractivity contribution in [1.29, 1.82) is 0 Å². The molecule has 2 aromatic carbocycles. The second kappa shape index (κ2) is 6.90. The molecule has 5 nitrogen and oxygen atoms in total. The van der Waals surface area contributed by atoms with Gasteiger partial charge in [0.2, 0.25) is 0 Å². The van der Waals surface area contributed by atoms with Crippen LogP contribution in [0.5, 0.6) is 0 Å². The number of rotatable bonds is 3. The molecule has 1 unspecified atom stereocenters. The molecule has 2 fully saturated rings. The SMILES string of the molecule is O=C(O)C1CN(C(=O)OCC2c3ccccc3-c3ccccc32)CC12CCCC2. The number of amides is 1. The molecule has 5 rings (SSSR count). The fourth-order valence-corrected chi connectivity index (χ4v) is 5.72. The quantitative estimate of drug-likeness (QED) is 0.836. The predicted octanol–water partition coefficient (Wildman–Crippen LogP) is 4.51. The first-order chi connectivity index (χ1) is 14.1. The van der Waals surface area contributed by atoms with E-state index in [1.54, 1.807) is 4.90 Å². The van der Waals surface area contributed by atoms with Crippen LogP contribution < -0.4 is 0 Å². The molecule has 0 aromatic heterocycles. The summed E-state index contributed by atoms with van der Waals surface area (Å²) in [5.41, 5.74) is 4.48. The third-order valence-electron chi connectivity index (χ3n) is 7.14. The summed E-state index contributed by atoms with van der Waals surface area (Å²) in [5.74, 6) is -1.25. The van der Waals surface area contributed by atoms with Crippen LogP contribution in [0.1, 0.15) is 42.7 Å². The van der Waals surface area contributed by atoms with Gasteiger partial charge in [0, 0.05) is 24.4 Å². The Bertz CT molecular complexity index is 917. The predicted molar refractivity (Wildman–Crippen MR) is 109 cm³/mol. The Morgan fingerprint density at radius 2 is 1.59 bits per heavy atom. The normalized spacial score (nSPS) is 21.9. The van der Waals surface area contributed by atoms with E-state index in [9.17, 15) is 14.7 Å². The highest BCUT2D eigenvalue weighted by atomic mass is 16.6. The lowest BCUT2D eigenvalue weighted by Crippen LogP contribution is -2.33. The Labute approximate surface area is 170 Å². The molecule has 3 aliphatic rings. The summed E-state index contributed by atoms with van der Waals surface area (Å²) in [4.78, 5) is 26.3. The molecule has 1 saturated carbocycles. The highest BCUT2D eigenvalue weighted by Gasteiger charge is 2.53. The number of ether oxygens (including phenoxy) is 1. The van der Waals surface area contributed by atoms with Gasteiger partial charge < -0.3 is 14.7 Å². The second-order valence-corrected chi connectivity index (χ2v) is 8.64. The van der Waals surface area contributed by atoms with E-state index in [-0.39, 0.29) is 30.6 Å². The molecule has 1 spiro atoms. The van der Waals surface area contributed by atoms with Crippen molar-refractivity contribution in [3.63, 3.8) is 0 Å². The molecule has 1 amide bonds. The molecule has 150 valence electrons. The average Bonchev–Trinajstić information content (AvgIpc) is 3.43. The number of carboxylic acids is 1. The van der Waals surface area contributed by atoms with Crippen LogP contribution in [-0.2, 0) is 9.53 Å². The molecule has 0 radical (unpaired) electrons. The van der Waals surface area contributed by atoms with Gasteiger partial charge in [-0.15, -0.1) is 0 Å². The van der Waals surface area contributed by atoms with Crippen molar-refractivity contribution in [2.75, 3.05) is 19.7 Å². The summed E-state index contributed by atoms with van der Waals surface area (Å²) in [5, 5.41) is 9.68. The second-order valence-electron chi connectivity index (χ2n) is 8.64. The Morgan fingerprint density at radius 1 is 1.00 bits per heavy atom. The molecule has 29 heavy (non-hydrogen) atoms. The van der Waals surface area contributed by atoms with E-state index in [0.29, 0.717) is 6.54 Å². The molecule has 2 aliphatic carbocycles. The van der Waals surface area contributed by atoms with E-state index < -0.39 is 11.9 Å². The van der Waals surface area contributed by atoms with Gasteiger partial charge in [0.1, 0.15) is 6.61 Å². The minimum atomic E-state index is -0.791. The van der Waals surface area contributed by atoms with E-state index in [2.05, 4.69) is 24.3 Å². The molecule has 1 aliphatic heterocycles. The number of aliphatic carboxylic acids is 1. The van der Waals surface area contributed by atoms with Gasteiger partial charge in [-0.1, -0.05) is 61.4 Å². The fraction of sp³-hybridized carbons (Fsp3) is 0.417. The van der Waals surface area contributed by atoms with Crippen LogP contribution in [-0.4, -0.2) is 41.8 Å². The summed E-state index contributed by atoms with van der Waals surface area (Å²) in [7, 11) is 0. The van der Waals surface area contributed by atoms with Gasteiger partial charge in [0.05, 0.1) is 5.92 Å². The van der Waals surface area contributed by atoms with Crippen molar-refractivity contribution in [3.05, 3.63) is 59.7 Å². The Balaban J connectivity index is 1.32. The van der Waals surface area contributed by atoms with Gasteiger partial charge in [-0.05, 0) is 35.1 Å². The first-order valence-electron chi connectivity index (χ1n) is 10.4. The van der Waals surface area contributed by atoms with Crippen LogP contribution in [0.25, 0.3) is 11.1 Å². The maximum atomic E-state index is 12.8. The van der Waals surface area contributed by atoms with Gasteiger partial charge in [-0.3, -0.25) is 4.79 Å². The number of carbonyl (C=O) groups excluding carboxylic acids is 1. The van der Waals surface area contributed by atoms with Crippen LogP contribution in [0, 0.1) is 11.3 Å². The van der Waals surface area contributed by atoms with Gasteiger partial charge in [-0.2, -0.15) is 0 Å². The Morgan fingerprint density at radius 3 is 2.17 bits per heavy atom. The summed E-state index contributed by atoms with van der Waals surface area (Å²) < 4.78 is 5.75. The minimum absolute atomic E-state index is 0.0182. The maximum absolute atomic E-state index is 12.8. The lowest BCUT2D eigenvalue weighted by Gasteiger charge is -2.26. The topological polar surface area (TPSA) is 66.8 Å². The van der Waals surface area contributed by atoms with Crippen molar-refractivity contribution in [2.45, 2.75) is 31.6 Å². The zero-order valence-electron chi connectivity index (χ0n) is 16.3. The summed E-state index contributed by atoms with van der Waals surface area (Å²) >= 11 is 0. The number of nitrogens with zero attached hydrogens (tertiary/aromatic N) is 1. The first kappa shape index (κ1) is 18.2. The number of likely N-dealkylation sites (tertiary alicyclic amines) is 1. The van der Waals surface area contributed by atoms with Gasteiger partial charge in [-0.25, -0.2) is 4.79 Å². The zero-order chi connectivity index (χ0) is 20.0. The van der Waals surface area contributed by atoms with Crippen LogP contribution >= 0.6 is 0 Å². The molecule has 1 N–H and O–H groups in total. The highest BCUT2D eigenvalue weighted by molar-refractivity contribution is 5.79. The van der Waals surface area contributed by atoms with Crippen LogP contribution in [0.4, 0.5) is 4.79 Å². The lowest BCUT2D eigenvalue weighted by molar-refractivity contribution is -0.144. The number of carboxylic acid groups (broad SMARTS) is 1. The number of fused-ring (bicyclic) bond motifs is 3. The van der Waals surface area contributed by atoms with E-state index in [4.69, 9.17) is 4.74 Å². The zero-order valence-corrected chi connectivity index (χ0v) is 16.3. The van der Waals surface area contributed by atoms with E-state index in [1.807, 2.05) is 24.3 Å². The van der Waals surface area contributed by atoms with Gasteiger partial charge in [0.15, 0.2) is 0 Å². The first-order valence-corrected chi connectivity index (χ1v) is 10.4. The van der Waals surface area contributed by atoms with Crippen LogP contribution in [0.2, 0.25) is 0 Å². The maximum Gasteiger partial charge on any atom is 0.409 e. The number of carbonyl (C=O) groups is 2. The molecule has 2 aromatic rings. The number of hydrogen-bond donors (Lipinski definition) is 1. The van der Waals surface area contributed by atoms with Crippen molar-refractivity contribution in [1.82, 2.24) is 4.90 Å². The molecular weight excluding hydrogens is 366 g/mol. The average molecular weight is 391 g/mol. The Hall–Kier alpha value is -2.82. The standard InChI is InChI=1S/C24H25NO4/c26-22(27)21-13-25(15-24(21)11-5-6-12-24)23(28)29-14-20-18-9-3-1-7-16(18)17-8-2-4-10-19(17)20/h1-4,7-10,20-21H,5-6,11-15H2,(H,26,27). The third kappa shape index (κ3) is 2.91. The van der Waals surface area contributed by atoms with E-state index in [1.165, 1.54) is 22.3 Å². The largest absolute Gasteiger partial charge is 0.481 e. The minimum Gasteiger partial charge on any atom is -0.481 e. The molecular formula is C24H25NO4. The van der Waals surface area contributed by atoms with Crippen LogP contribution in [0.15, 0.2) is 48.5 Å².